The summed E-state index contributed by atoms with van der Waals surface area (Å²) >= 11 is 6.35. The molecule has 0 aliphatic heterocycles. The van der Waals surface area contributed by atoms with Crippen molar-refractivity contribution in [2.75, 3.05) is 7.11 Å². The van der Waals surface area contributed by atoms with Crippen molar-refractivity contribution < 1.29 is 17.9 Å². The number of hydrogen-bond donors (Lipinski definition) is 1. The number of sulfone groups is 1. The van der Waals surface area contributed by atoms with E-state index in [1.165, 1.54) is 31.4 Å². The minimum atomic E-state index is -3.89. The molecule has 11 heteroatoms. The number of ether oxygens (including phenoxy) is 1. The lowest BCUT2D eigenvalue weighted by molar-refractivity contribution is -0.128. The van der Waals surface area contributed by atoms with Crippen molar-refractivity contribution in [3.8, 4) is 11.8 Å². The van der Waals surface area contributed by atoms with E-state index in [1.807, 2.05) is 0 Å². The molecule has 1 N–H and O–H groups in total. The van der Waals surface area contributed by atoms with Crippen molar-refractivity contribution in [3.63, 3.8) is 0 Å². The zero-order valence-corrected chi connectivity index (χ0v) is 19.7. The Kier molecular flexibility index (Phi) is 6.07. The fourth-order valence-electron chi connectivity index (χ4n) is 4.18. The van der Waals surface area contributed by atoms with E-state index >= 15 is 0 Å². The maximum Gasteiger partial charge on any atom is 0.271 e. The number of carbonyl (C=O) groups excluding carboxylic acids is 1. The number of aryl methyl sites for hydroxylation is 1. The van der Waals surface area contributed by atoms with Crippen LogP contribution in [0, 0.1) is 24.2 Å². The summed E-state index contributed by atoms with van der Waals surface area (Å²) in [6.07, 6.45) is 0.774. The lowest BCUT2D eigenvalue weighted by Gasteiger charge is -2.19. The Balaban J connectivity index is 1.59. The van der Waals surface area contributed by atoms with Gasteiger partial charge in [-0.25, -0.2) is 8.42 Å². The Morgan fingerprint density at radius 1 is 1.30 bits per heavy atom. The molecule has 3 atom stereocenters. The summed E-state index contributed by atoms with van der Waals surface area (Å²) in [4.78, 5) is 24.8. The minimum Gasteiger partial charge on any atom is -0.381 e. The average molecular weight is 491 g/mol. The first-order chi connectivity index (χ1) is 15.6. The van der Waals surface area contributed by atoms with Crippen molar-refractivity contribution in [2.24, 2.45) is 5.92 Å². The van der Waals surface area contributed by atoms with Crippen LogP contribution in [0.15, 0.2) is 40.0 Å². The van der Waals surface area contributed by atoms with Crippen molar-refractivity contribution >= 4 is 27.3 Å². The number of halogens is 1. The van der Waals surface area contributed by atoms with Crippen LogP contribution in [-0.4, -0.2) is 48.1 Å². The largest absolute Gasteiger partial charge is 0.381 e. The molecule has 4 rings (SSSR count). The zero-order valence-electron chi connectivity index (χ0n) is 18.1. The summed E-state index contributed by atoms with van der Waals surface area (Å²) in [5.74, 6) is -1.06. The summed E-state index contributed by atoms with van der Waals surface area (Å²) < 4.78 is 33.4. The highest BCUT2D eigenvalue weighted by Gasteiger charge is 2.50. The van der Waals surface area contributed by atoms with Crippen LogP contribution in [0.25, 0.3) is 5.69 Å². The van der Waals surface area contributed by atoms with Gasteiger partial charge in [0.05, 0.1) is 44.6 Å². The average Bonchev–Trinajstić information content (AvgIpc) is 3.40. The van der Waals surface area contributed by atoms with Crippen molar-refractivity contribution in [3.05, 3.63) is 51.4 Å². The van der Waals surface area contributed by atoms with Gasteiger partial charge in [-0.2, -0.15) is 15.0 Å². The van der Waals surface area contributed by atoms with Gasteiger partial charge >= 0.3 is 0 Å². The van der Waals surface area contributed by atoms with Gasteiger partial charge in [-0.1, -0.05) is 11.6 Å². The van der Waals surface area contributed by atoms with Crippen LogP contribution < -0.4 is 10.9 Å². The Bertz CT molecular complexity index is 1310. The quantitative estimate of drug-likeness (QED) is 0.654. The predicted molar refractivity (Wildman–Crippen MR) is 120 cm³/mol. The normalized spacial score (nSPS) is 23.6. The molecule has 33 heavy (non-hydrogen) atoms. The third-order valence-corrected chi connectivity index (χ3v) is 8.92. The maximum absolute atomic E-state index is 13.4. The monoisotopic (exact) mass is 490 g/mol. The van der Waals surface area contributed by atoms with E-state index in [4.69, 9.17) is 16.3 Å². The summed E-state index contributed by atoms with van der Waals surface area (Å²) in [5.41, 5.74) is -0.247. The van der Waals surface area contributed by atoms with Crippen molar-refractivity contribution in [1.29, 1.82) is 5.26 Å². The number of methoxy groups -OCH3 is 1. The van der Waals surface area contributed by atoms with Crippen LogP contribution in [-0.2, 0) is 19.4 Å². The first kappa shape index (κ1) is 23.4. The smallest absolute Gasteiger partial charge is 0.271 e. The van der Waals surface area contributed by atoms with Gasteiger partial charge < -0.3 is 10.1 Å². The summed E-state index contributed by atoms with van der Waals surface area (Å²) in [7, 11) is -2.46. The molecule has 1 amide bonds. The minimum absolute atomic E-state index is 0.0361. The van der Waals surface area contributed by atoms with Crippen LogP contribution in [0.3, 0.4) is 0 Å². The molecule has 2 fully saturated rings. The van der Waals surface area contributed by atoms with E-state index in [-0.39, 0.29) is 34.2 Å². The molecule has 2 saturated carbocycles. The second-order valence-corrected chi connectivity index (χ2v) is 11.1. The summed E-state index contributed by atoms with van der Waals surface area (Å²) in [6, 6.07) is 9.27. The number of aromatic nitrogens is 2. The first-order valence-electron chi connectivity index (χ1n) is 10.5. The van der Waals surface area contributed by atoms with Crippen molar-refractivity contribution in [1.82, 2.24) is 15.1 Å². The number of nitriles is 1. The maximum atomic E-state index is 13.4. The Labute approximate surface area is 196 Å². The molecular formula is C22H23ClN4O5S. The first-order valence-corrected chi connectivity index (χ1v) is 12.4. The highest BCUT2D eigenvalue weighted by molar-refractivity contribution is 7.92. The fraction of sp³-hybridized carbons (Fsp3) is 0.455. The van der Waals surface area contributed by atoms with E-state index in [1.54, 1.807) is 13.0 Å². The van der Waals surface area contributed by atoms with E-state index in [2.05, 4.69) is 16.5 Å². The van der Waals surface area contributed by atoms with Gasteiger partial charge in [0.25, 0.3) is 5.56 Å². The molecule has 1 unspecified atom stereocenters. The van der Waals surface area contributed by atoms with Crippen molar-refractivity contribution in [2.45, 2.75) is 54.4 Å². The molecule has 1 aromatic heterocycles. The van der Waals surface area contributed by atoms with Crippen LogP contribution in [0.1, 0.15) is 31.4 Å². The molecule has 0 spiro atoms. The fourth-order valence-corrected chi connectivity index (χ4v) is 6.53. The number of rotatable bonds is 6. The van der Waals surface area contributed by atoms with Gasteiger partial charge in [0.1, 0.15) is 5.54 Å². The van der Waals surface area contributed by atoms with Crippen LogP contribution >= 0.6 is 11.6 Å². The molecule has 0 radical (unpaired) electrons. The third kappa shape index (κ3) is 4.40. The summed E-state index contributed by atoms with van der Waals surface area (Å²) in [5, 5.41) is 15.2. The van der Waals surface area contributed by atoms with Gasteiger partial charge in [-0.05, 0) is 56.9 Å². The van der Waals surface area contributed by atoms with Gasteiger partial charge in [0, 0.05) is 13.2 Å². The highest BCUT2D eigenvalue weighted by Crippen LogP contribution is 2.40. The molecule has 2 aliphatic carbocycles. The van der Waals surface area contributed by atoms with E-state index in [9.17, 15) is 23.3 Å². The number of benzene rings is 1. The lowest BCUT2D eigenvalue weighted by atomic mass is 10.0. The van der Waals surface area contributed by atoms with Crippen LogP contribution in [0.2, 0.25) is 5.02 Å². The van der Waals surface area contributed by atoms with E-state index < -0.39 is 32.6 Å². The number of nitrogens with zero attached hydrogens (tertiary/aromatic N) is 3. The van der Waals surface area contributed by atoms with Gasteiger partial charge in [0.15, 0.2) is 9.84 Å². The Morgan fingerprint density at radius 3 is 2.64 bits per heavy atom. The van der Waals surface area contributed by atoms with Crippen LogP contribution in [0.4, 0.5) is 0 Å². The molecular weight excluding hydrogens is 468 g/mol. The number of amides is 1. The Morgan fingerprint density at radius 2 is 2.03 bits per heavy atom. The molecule has 2 aromatic rings. The molecule has 1 heterocycles. The predicted octanol–water partition coefficient (Wildman–Crippen LogP) is 1.93. The number of hydrogen-bond acceptors (Lipinski definition) is 7. The van der Waals surface area contributed by atoms with Gasteiger partial charge in [0.2, 0.25) is 5.91 Å². The second-order valence-electron chi connectivity index (χ2n) is 8.54. The SMILES string of the molecule is CO[C@H]1CC(S(=O)(=O)c2ccc(-n3nc(C)ccc3=O)cc2Cl)C[C@@H]1C(=O)NC1(C#N)CC1. The summed E-state index contributed by atoms with van der Waals surface area (Å²) in [6.45, 7) is 1.73. The lowest BCUT2D eigenvalue weighted by Crippen LogP contribution is -2.42. The molecule has 0 bridgehead atoms. The number of nitrogens with one attached hydrogen (secondary N) is 1. The van der Waals surface area contributed by atoms with E-state index in [0.717, 1.165) is 4.68 Å². The van der Waals surface area contributed by atoms with Gasteiger partial charge in [-0.15, -0.1) is 0 Å². The Hall–Kier alpha value is -2.74. The number of carbonyl (C=O) groups is 1. The molecule has 1 aromatic carbocycles. The standard InChI is InChI=1S/C22H23ClN4O5S/c1-13-3-6-20(28)27(26-13)14-4-5-19(17(23)9-14)33(30,31)15-10-16(18(11-15)32-2)21(29)25-22(12-24)7-8-22/h3-6,9,15-16,18H,7-8,10-11H2,1-2H3,(H,25,29)/t15?,16-,18-/m0/s1. The second kappa shape index (κ2) is 8.56. The molecule has 0 saturated heterocycles. The van der Waals surface area contributed by atoms with Gasteiger partial charge in [-0.3, -0.25) is 9.59 Å². The molecule has 2 aliphatic rings. The highest BCUT2D eigenvalue weighted by atomic mass is 35.5. The topological polar surface area (TPSA) is 131 Å². The molecule has 9 nitrogen and oxygen atoms in total. The van der Waals surface area contributed by atoms with Crippen LogP contribution in [0.5, 0.6) is 0 Å². The van der Waals surface area contributed by atoms with E-state index in [0.29, 0.717) is 24.2 Å². The zero-order chi connectivity index (χ0) is 24.0. The third-order valence-electron chi connectivity index (χ3n) is 6.27. The molecule has 174 valence electrons.